The molecular weight excluding hydrogens is 494 g/mol. The number of thiazole rings is 1. The molecule has 0 radical (unpaired) electrons. The van der Waals surface area contributed by atoms with Gasteiger partial charge in [0.15, 0.2) is 3.95 Å². The minimum Gasteiger partial charge on any atom is -0.480 e. The van der Waals surface area contributed by atoms with Crippen LogP contribution >= 0.6 is 23.6 Å². The summed E-state index contributed by atoms with van der Waals surface area (Å²) in [4.78, 5) is 11.2. The number of carboxylic acid groups (broad SMARTS) is 1. The van der Waals surface area contributed by atoms with Gasteiger partial charge in [-0.3, -0.25) is 4.79 Å². The van der Waals surface area contributed by atoms with Gasteiger partial charge in [-0.2, -0.15) is 0 Å². The van der Waals surface area contributed by atoms with E-state index in [0.29, 0.717) is 15.2 Å². The van der Waals surface area contributed by atoms with Crippen molar-refractivity contribution in [3.8, 4) is 0 Å². The number of aliphatic carboxylic acids is 1. The van der Waals surface area contributed by atoms with E-state index in [-0.39, 0.29) is 6.54 Å². The number of hydrogen-bond donors (Lipinski definition) is 1. The van der Waals surface area contributed by atoms with Crippen molar-refractivity contribution >= 4 is 47.8 Å². The monoisotopic (exact) mass is 525 g/mol. The zero-order valence-corrected chi connectivity index (χ0v) is 22.5. The molecule has 3 aliphatic rings. The number of nitrogens with zero attached hydrogens (tertiary/aromatic N) is 1. The van der Waals surface area contributed by atoms with E-state index in [1.807, 2.05) is 0 Å². The molecule has 1 saturated carbocycles. The first-order valence-electron chi connectivity index (χ1n) is 13.1. The van der Waals surface area contributed by atoms with Crippen LogP contribution in [0.4, 0.5) is 0 Å². The summed E-state index contributed by atoms with van der Waals surface area (Å²) in [6.07, 6.45) is 13.8. The van der Waals surface area contributed by atoms with Crippen LogP contribution in [-0.4, -0.2) is 15.6 Å². The lowest BCUT2D eigenvalue weighted by Gasteiger charge is -2.36. The summed E-state index contributed by atoms with van der Waals surface area (Å²) >= 11 is 6.87. The lowest BCUT2D eigenvalue weighted by atomic mass is 9.68. The van der Waals surface area contributed by atoms with Gasteiger partial charge in [-0.1, -0.05) is 79.8 Å². The van der Waals surface area contributed by atoms with Crippen molar-refractivity contribution in [1.82, 2.24) is 4.57 Å². The number of carboxylic acids is 1. The van der Waals surface area contributed by atoms with Crippen LogP contribution in [-0.2, 0) is 24.2 Å². The molecular formula is C32H31NO2S2. The minimum absolute atomic E-state index is 0.142. The topological polar surface area (TPSA) is 42.2 Å². The molecule has 0 spiro atoms. The van der Waals surface area contributed by atoms with E-state index in [4.69, 9.17) is 12.2 Å². The molecule has 3 aromatic rings. The van der Waals surface area contributed by atoms with Gasteiger partial charge < -0.3 is 9.67 Å². The fourth-order valence-corrected chi connectivity index (χ4v) is 8.13. The molecule has 3 atom stereocenters. The molecule has 1 aromatic heterocycles. The Morgan fingerprint density at radius 3 is 2.81 bits per heavy atom. The van der Waals surface area contributed by atoms with Crippen LogP contribution in [0.5, 0.6) is 0 Å². The van der Waals surface area contributed by atoms with E-state index in [1.165, 1.54) is 60.1 Å². The number of benzene rings is 2. The van der Waals surface area contributed by atoms with Crippen LogP contribution in [0.3, 0.4) is 0 Å². The highest BCUT2D eigenvalue weighted by Crippen LogP contribution is 2.50. The van der Waals surface area contributed by atoms with E-state index < -0.39 is 5.97 Å². The maximum atomic E-state index is 11.2. The van der Waals surface area contributed by atoms with Crippen LogP contribution < -0.4 is 9.88 Å². The van der Waals surface area contributed by atoms with Crippen molar-refractivity contribution < 1.29 is 9.90 Å². The molecule has 2 aromatic carbocycles. The molecule has 3 nitrogen and oxygen atoms in total. The van der Waals surface area contributed by atoms with Crippen molar-refractivity contribution in [3.63, 3.8) is 0 Å². The summed E-state index contributed by atoms with van der Waals surface area (Å²) < 4.78 is 3.17. The second kappa shape index (κ2) is 10.0. The van der Waals surface area contributed by atoms with Crippen LogP contribution in [0.1, 0.15) is 53.9 Å². The predicted molar refractivity (Wildman–Crippen MR) is 155 cm³/mol. The highest BCUT2D eigenvalue weighted by atomic mass is 32.1. The van der Waals surface area contributed by atoms with Crippen molar-refractivity contribution in [1.29, 1.82) is 0 Å². The van der Waals surface area contributed by atoms with E-state index in [2.05, 4.69) is 73.3 Å². The minimum atomic E-state index is -0.902. The average Bonchev–Trinajstić information content (AvgIpc) is 3.62. The van der Waals surface area contributed by atoms with Crippen molar-refractivity contribution in [2.45, 2.75) is 51.0 Å². The first-order chi connectivity index (χ1) is 18.0. The molecule has 0 saturated heterocycles. The largest absolute Gasteiger partial charge is 0.480 e. The Balaban J connectivity index is 1.26. The van der Waals surface area contributed by atoms with Gasteiger partial charge in [-0.15, -0.1) is 11.3 Å². The number of fused-ring (bicyclic) bond motifs is 3. The molecule has 3 unspecified atom stereocenters. The normalized spacial score (nSPS) is 24.9. The summed E-state index contributed by atoms with van der Waals surface area (Å²) in [6, 6.07) is 18.1. The summed E-state index contributed by atoms with van der Waals surface area (Å²) in [5.41, 5.74) is 8.29. The molecule has 1 fully saturated rings. The quantitative estimate of drug-likeness (QED) is 0.400. The molecule has 6 rings (SSSR count). The third kappa shape index (κ3) is 4.83. The van der Waals surface area contributed by atoms with Gasteiger partial charge in [-0.25, -0.2) is 0 Å². The van der Waals surface area contributed by atoms with E-state index in [0.717, 1.165) is 28.4 Å². The fraction of sp³-hybridized carbons (Fsp3) is 0.312. The Morgan fingerprint density at radius 2 is 2.00 bits per heavy atom. The van der Waals surface area contributed by atoms with Gasteiger partial charge in [-0.05, 0) is 95.5 Å². The first-order valence-corrected chi connectivity index (χ1v) is 14.4. The standard InChI is InChI=1S/C32H31NO2S2/c1-20-31(37-32(36)33(20)19-30(34)35)25-13-11-22(16-25)14-23-10-12-24-18-26(15-21-6-3-2-4-7-21)27-8-5-9-28(27)29(24)17-23/h2-4,6-7,10-14,17,26-28H,1,5,8-9,15-16,18-19H2,(H,34,35). The molecule has 1 N–H and O–H groups in total. The Morgan fingerprint density at radius 1 is 1.16 bits per heavy atom. The van der Waals surface area contributed by atoms with E-state index in [9.17, 15) is 9.90 Å². The Bertz CT molecular complexity index is 1590. The summed E-state index contributed by atoms with van der Waals surface area (Å²) in [7, 11) is 0. The Kier molecular flexibility index (Phi) is 6.60. The highest BCUT2D eigenvalue weighted by molar-refractivity contribution is 7.73. The second-order valence-corrected chi connectivity index (χ2v) is 12.3. The van der Waals surface area contributed by atoms with Gasteiger partial charge in [0.25, 0.3) is 0 Å². The molecule has 0 amide bonds. The Labute approximate surface area is 226 Å². The molecule has 5 heteroatoms. The maximum absolute atomic E-state index is 11.2. The second-order valence-electron chi connectivity index (χ2n) is 10.7. The summed E-state index contributed by atoms with van der Waals surface area (Å²) in [5, 5.41) is 9.90. The van der Waals surface area contributed by atoms with Gasteiger partial charge in [0.1, 0.15) is 6.54 Å². The smallest absolute Gasteiger partial charge is 0.323 e. The van der Waals surface area contributed by atoms with E-state index in [1.54, 1.807) is 15.7 Å². The number of carbonyl (C=O) groups is 1. The lowest BCUT2D eigenvalue weighted by Crippen LogP contribution is -2.30. The Hall–Kier alpha value is -3.02. The van der Waals surface area contributed by atoms with Gasteiger partial charge in [0, 0.05) is 0 Å². The zero-order valence-electron chi connectivity index (χ0n) is 20.9. The van der Waals surface area contributed by atoms with Crippen LogP contribution in [0.25, 0.3) is 18.2 Å². The lowest BCUT2D eigenvalue weighted by molar-refractivity contribution is -0.137. The third-order valence-corrected chi connectivity index (χ3v) is 9.96. The van der Waals surface area contributed by atoms with Crippen molar-refractivity contribution in [2.24, 2.45) is 11.8 Å². The molecule has 188 valence electrons. The molecule has 3 aliphatic carbocycles. The molecule has 37 heavy (non-hydrogen) atoms. The number of allylic oxidation sites excluding steroid dienone is 3. The van der Waals surface area contributed by atoms with Crippen LogP contribution in [0.2, 0.25) is 0 Å². The average molecular weight is 526 g/mol. The highest BCUT2D eigenvalue weighted by Gasteiger charge is 2.39. The molecule has 0 bridgehead atoms. The summed E-state index contributed by atoms with van der Waals surface area (Å²) in [5.74, 6) is 1.32. The van der Waals surface area contributed by atoms with Crippen LogP contribution in [0.15, 0.2) is 66.3 Å². The van der Waals surface area contributed by atoms with E-state index >= 15 is 0 Å². The van der Waals surface area contributed by atoms with Crippen molar-refractivity contribution in [3.05, 3.63) is 102 Å². The van der Waals surface area contributed by atoms with Crippen molar-refractivity contribution in [2.75, 3.05) is 0 Å². The predicted octanol–water partition coefficient (Wildman–Crippen LogP) is 6.27. The number of rotatable bonds is 5. The van der Waals surface area contributed by atoms with Gasteiger partial charge >= 0.3 is 5.97 Å². The van der Waals surface area contributed by atoms with Gasteiger partial charge in [0.05, 0.1) is 9.88 Å². The summed E-state index contributed by atoms with van der Waals surface area (Å²) in [6.45, 7) is 3.99. The zero-order chi connectivity index (χ0) is 25.5. The first kappa shape index (κ1) is 24.3. The number of aromatic nitrogens is 1. The molecule has 0 aliphatic heterocycles. The third-order valence-electron chi connectivity index (χ3n) is 8.40. The van der Waals surface area contributed by atoms with Gasteiger partial charge in [0.2, 0.25) is 0 Å². The molecule has 1 heterocycles. The maximum Gasteiger partial charge on any atom is 0.323 e. The SMILES string of the molecule is C=c1c(=C2C=CC(=Cc3ccc4c(c3)C3CCCC3C(Cc3ccccc3)C4)C2)sc(=S)n1CC(=O)O. The number of hydrogen-bond acceptors (Lipinski definition) is 3. The van der Waals surface area contributed by atoms with Crippen LogP contribution in [0, 0.1) is 15.8 Å². The fourth-order valence-electron chi connectivity index (χ4n) is 6.74.